The van der Waals surface area contributed by atoms with Gasteiger partial charge in [-0.2, -0.15) is 0 Å². The van der Waals surface area contributed by atoms with Crippen molar-refractivity contribution in [2.75, 3.05) is 0 Å². The number of nitrogens with zero attached hydrogens (tertiary/aromatic N) is 1. The van der Waals surface area contributed by atoms with Gasteiger partial charge in [-0.05, 0) is 38.1 Å². The van der Waals surface area contributed by atoms with Crippen molar-refractivity contribution in [3.8, 4) is 0 Å². The Labute approximate surface area is 162 Å². The Balaban J connectivity index is 1.92. The molecule has 2 aromatic heterocycles. The van der Waals surface area contributed by atoms with E-state index in [1.807, 2.05) is 35.9 Å². The van der Waals surface area contributed by atoms with Gasteiger partial charge in [0.25, 0.3) is 11.8 Å². The molecule has 7 heteroatoms. The Kier molecular flexibility index (Phi) is 6.11. The van der Waals surface area contributed by atoms with E-state index >= 15 is 0 Å². The van der Waals surface area contributed by atoms with Crippen LogP contribution in [0.2, 0.25) is 0 Å². The van der Waals surface area contributed by atoms with Gasteiger partial charge < -0.3 is 15.2 Å². The summed E-state index contributed by atoms with van der Waals surface area (Å²) in [4.78, 5) is 39.0. The lowest BCUT2D eigenvalue weighted by atomic mass is 10.1. The SMILES string of the molecule is CC(C)NC(=O)c1cn(C2CCCC2)cc(C(=O)NCc2cccs2)c1=O. The number of hydrogen-bond donors (Lipinski definition) is 2. The summed E-state index contributed by atoms with van der Waals surface area (Å²) in [6.45, 7) is 4.04. The van der Waals surface area contributed by atoms with Gasteiger partial charge in [-0.15, -0.1) is 11.3 Å². The molecule has 27 heavy (non-hydrogen) atoms. The Hall–Kier alpha value is -2.41. The summed E-state index contributed by atoms with van der Waals surface area (Å²) in [6.07, 6.45) is 7.42. The zero-order valence-electron chi connectivity index (χ0n) is 15.7. The first kappa shape index (κ1) is 19.4. The van der Waals surface area contributed by atoms with Crippen LogP contribution in [0.25, 0.3) is 0 Å². The van der Waals surface area contributed by atoms with Gasteiger partial charge in [-0.1, -0.05) is 18.9 Å². The highest BCUT2D eigenvalue weighted by Crippen LogP contribution is 2.29. The Morgan fingerprint density at radius 1 is 1.19 bits per heavy atom. The van der Waals surface area contributed by atoms with E-state index in [0.717, 1.165) is 30.6 Å². The normalized spacial score (nSPS) is 14.5. The van der Waals surface area contributed by atoms with Crippen molar-refractivity contribution in [1.82, 2.24) is 15.2 Å². The number of pyridine rings is 1. The molecule has 2 aromatic rings. The van der Waals surface area contributed by atoms with Crippen LogP contribution in [0, 0.1) is 0 Å². The van der Waals surface area contributed by atoms with Gasteiger partial charge in [0.1, 0.15) is 11.1 Å². The van der Waals surface area contributed by atoms with Crippen LogP contribution in [0.4, 0.5) is 0 Å². The van der Waals surface area contributed by atoms with Crippen LogP contribution in [0.15, 0.2) is 34.7 Å². The fourth-order valence-electron chi connectivity index (χ4n) is 3.35. The van der Waals surface area contributed by atoms with Crippen LogP contribution in [0.3, 0.4) is 0 Å². The lowest BCUT2D eigenvalue weighted by Gasteiger charge is -2.18. The van der Waals surface area contributed by atoms with Crippen molar-refractivity contribution < 1.29 is 9.59 Å². The zero-order valence-corrected chi connectivity index (χ0v) is 16.5. The molecular weight excluding hydrogens is 362 g/mol. The number of nitrogens with one attached hydrogen (secondary N) is 2. The summed E-state index contributed by atoms with van der Waals surface area (Å²) in [6, 6.07) is 3.97. The molecule has 2 amide bonds. The maximum absolute atomic E-state index is 12.8. The maximum atomic E-state index is 12.8. The number of thiophene rings is 1. The molecule has 0 bridgehead atoms. The minimum Gasteiger partial charge on any atom is -0.350 e. The Bertz CT molecular complexity index is 865. The highest BCUT2D eigenvalue weighted by Gasteiger charge is 2.23. The summed E-state index contributed by atoms with van der Waals surface area (Å²) in [5.41, 5.74) is -0.472. The average molecular weight is 388 g/mol. The van der Waals surface area contributed by atoms with Gasteiger partial charge >= 0.3 is 0 Å². The van der Waals surface area contributed by atoms with E-state index < -0.39 is 17.2 Å². The molecule has 0 unspecified atom stereocenters. The third-order valence-electron chi connectivity index (χ3n) is 4.70. The number of hydrogen-bond acceptors (Lipinski definition) is 4. The van der Waals surface area contributed by atoms with Crippen molar-refractivity contribution >= 4 is 23.2 Å². The highest BCUT2D eigenvalue weighted by atomic mass is 32.1. The molecule has 0 aromatic carbocycles. The number of rotatable bonds is 6. The summed E-state index contributed by atoms with van der Waals surface area (Å²) < 4.78 is 1.88. The minimum absolute atomic E-state index is 0.0230. The van der Waals surface area contributed by atoms with E-state index in [-0.39, 0.29) is 23.2 Å². The summed E-state index contributed by atoms with van der Waals surface area (Å²) in [7, 11) is 0. The summed E-state index contributed by atoms with van der Waals surface area (Å²) in [5.74, 6) is -0.881. The zero-order chi connectivity index (χ0) is 19.4. The molecule has 3 rings (SSSR count). The minimum atomic E-state index is -0.522. The first-order valence-corrected chi connectivity index (χ1v) is 10.2. The Morgan fingerprint density at radius 3 is 2.44 bits per heavy atom. The maximum Gasteiger partial charge on any atom is 0.257 e. The van der Waals surface area contributed by atoms with Crippen molar-refractivity contribution in [2.45, 2.75) is 58.2 Å². The van der Waals surface area contributed by atoms with E-state index in [1.165, 1.54) is 0 Å². The topological polar surface area (TPSA) is 80.2 Å². The molecule has 2 heterocycles. The van der Waals surface area contributed by atoms with Crippen molar-refractivity contribution in [1.29, 1.82) is 0 Å². The van der Waals surface area contributed by atoms with E-state index in [2.05, 4.69) is 10.6 Å². The average Bonchev–Trinajstić information content (AvgIpc) is 3.33. The van der Waals surface area contributed by atoms with E-state index in [4.69, 9.17) is 0 Å². The van der Waals surface area contributed by atoms with Gasteiger partial charge in [-0.25, -0.2) is 0 Å². The van der Waals surface area contributed by atoms with Gasteiger partial charge in [0.05, 0.1) is 6.54 Å². The molecule has 0 spiro atoms. The molecule has 1 fully saturated rings. The standard InChI is InChI=1S/C20H25N3O3S/c1-13(2)22-20(26)17-12-23(14-6-3-4-7-14)11-16(18(17)24)19(25)21-10-15-8-5-9-27-15/h5,8-9,11-14H,3-4,6-7,10H2,1-2H3,(H,21,25)(H,22,26). The third-order valence-corrected chi connectivity index (χ3v) is 5.58. The van der Waals surface area contributed by atoms with Gasteiger partial charge in [-0.3, -0.25) is 14.4 Å². The smallest absolute Gasteiger partial charge is 0.257 e. The van der Waals surface area contributed by atoms with Gasteiger partial charge in [0.15, 0.2) is 0 Å². The van der Waals surface area contributed by atoms with Crippen LogP contribution in [0.5, 0.6) is 0 Å². The molecule has 1 aliphatic carbocycles. The molecule has 144 valence electrons. The first-order chi connectivity index (χ1) is 13.0. The van der Waals surface area contributed by atoms with Crippen molar-refractivity contribution in [3.63, 3.8) is 0 Å². The molecule has 0 aliphatic heterocycles. The van der Waals surface area contributed by atoms with Crippen LogP contribution in [0.1, 0.15) is 71.2 Å². The molecule has 0 atom stereocenters. The predicted molar refractivity (Wildman–Crippen MR) is 106 cm³/mol. The number of carbonyl (C=O) groups excluding carboxylic acids is 2. The molecule has 0 radical (unpaired) electrons. The fourth-order valence-corrected chi connectivity index (χ4v) is 3.99. The van der Waals surface area contributed by atoms with Crippen LogP contribution >= 0.6 is 11.3 Å². The number of aromatic nitrogens is 1. The molecule has 6 nitrogen and oxygen atoms in total. The van der Waals surface area contributed by atoms with Crippen LogP contribution in [-0.4, -0.2) is 22.4 Å². The lowest BCUT2D eigenvalue weighted by molar-refractivity contribution is 0.0941. The van der Waals surface area contributed by atoms with Crippen LogP contribution < -0.4 is 16.1 Å². The molecule has 1 saturated carbocycles. The number of amides is 2. The second-order valence-corrected chi connectivity index (χ2v) is 8.22. The summed E-state index contributed by atoms with van der Waals surface area (Å²) in [5, 5.41) is 7.49. The Morgan fingerprint density at radius 2 is 1.85 bits per heavy atom. The van der Waals surface area contributed by atoms with E-state index in [9.17, 15) is 14.4 Å². The summed E-state index contributed by atoms with van der Waals surface area (Å²) >= 11 is 1.54. The molecule has 2 N–H and O–H groups in total. The fraction of sp³-hybridized carbons (Fsp3) is 0.450. The van der Waals surface area contributed by atoms with E-state index in [1.54, 1.807) is 23.7 Å². The second-order valence-electron chi connectivity index (χ2n) is 7.19. The first-order valence-electron chi connectivity index (χ1n) is 9.33. The lowest BCUT2D eigenvalue weighted by Crippen LogP contribution is -2.37. The molecule has 1 aliphatic rings. The second kappa shape index (κ2) is 8.52. The van der Waals surface area contributed by atoms with Gasteiger partial charge in [0.2, 0.25) is 5.43 Å². The number of carbonyl (C=O) groups is 2. The highest BCUT2D eigenvalue weighted by molar-refractivity contribution is 7.09. The molecular formula is C20H25N3O3S. The van der Waals surface area contributed by atoms with Crippen molar-refractivity contribution in [2.24, 2.45) is 0 Å². The largest absolute Gasteiger partial charge is 0.350 e. The molecule has 0 saturated heterocycles. The van der Waals surface area contributed by atoms with Crippen molar-refractivity contribution in [3.05, 3.63) is 56.1 Å². The quantitative estimate of drug-likeness (QED) is 0.799. The van der Waals surface area contributed by atoms with Crippen LogP contribution in [-0.2, 0) is 6.54 Å². The van der Waals surface area contributed by atoms with E-state index in [0.29, 0.717) is 6.54 Å². The predicted octanol–water partition coefficient (Wildman–Crippen LogP) is 3.09. The third kappa shape index (κ3) is 4.66. The monoisotopic (exact) mass is 387 g/mol. The van der Waals surface area contributed by atoms with Gasteiger partial charge in [0, 0.05) is 29.4 Å².